The first-order valence-electron chi connectivity index (χ1n) is 12.2. The van der Waals surface area contributed by atoms with Gasteiger partial charge in [0.15, 0.2) is 0 Å². The van der Waals surface area contributed by atoms with Gasteiger partial charge < -0.3 is 25.2 Å². The van der Waals surface area contributed by atoms with Gasteiger partial charge in [-0.15, -0.1) is 0 Å². The van der Waals surface area contributed by atoms with Crippen molar-refractivity contribution in [1.82, 2.24) is 10.6 Å². The van der Waals surface area contributed by atoms with E-state index in [0.717, 1.165) is 35.3 Å². The number of hydrogen-bond acceptors (Lipinski definition) is 5. The van der Waals surface area contributed by atoms with Crippen molar-refractivity contribution in [2.75, 3.05) is 7.11 Å². The predicted octanol–water partition coefficient (Wildman–Crippen LogP) is 4.31. The zero-order chi connectivity index (χ0) is 25.4. The van der Waals surface area contributed by atoms with Crippen LogP contribution in [0.5, 0.6) is 5.75 Å². The van der Waals surface area contributed by atoms with Gasteiger partial charge in [0, 0.05) is 30.6 Å². The van der Waals surface area contributed by atoms with Gasteiger partial charge in [0.05, 0.1) is 25.4 Å². The zero-order valence-electron chi connectivity index (χ0n) is 20.9. The number of carboxylic acids is 1. The highest BCUT2D eigenvalue weighted by molar-refractivity contribution is 5.87. The lowest BCUT2D eigenvalue weighted by molar-refractivity contribution is -0.133. The van der Waals surface area contributed by atoms with E-state index >= 15 is 0 Å². The Morgan fingerprint density at radius 3 is 2.43 bits per heavy atom. The number of aliphatic carboxylic acids is 1. The summed E-state index contributed by atoms with van der Waals surface area (Å²) in [5, 5.41) is 16.2. The molecule has 35 heavy (non-hydrogen) atoms. The Hall–Kier alpha value is -3.16. The first-order chi connectivity index (χ1) is 16.9. The first kappa shape index (κ1) is 26.4. The van der Waals surface area contributed by atoms with Gasteiger partial charge >= 0.3 is 5.97 Å². The topological polar surface area (TPSA) is 96.9 Å². The summed E-state index contributed by atoms with van der Waals surface area (Å²) in [7, 11) is 1.65. The fourth-order valence-electron chi connectivity index (χ4n) is 4.52. The summed E-state index contributed by atoms with van der Waals surface area (Å²) in [5.74, 6) is -0.363. The maximum atomic E-state index is 12.0. The molecule has 0 bridgehead atoms. The van der Waals surface area contributed by atoms with Gasteiger partial charge in [-0.05, 0) is 48.6 Å². The number of methoxy groups -OCH3 is 1. The monoisotopic (exact) mass is 480 g/mol. The highest BCUT2D eigenvalue weighted by Crippen LogP contribution is 2.31. The van der Waals surface area contributed by atoms with Crippen LogP contribution >= 0.6 is 0 Å². The third kappa shape index (κ3) is 6.93. The van der Waals surface area contributed by atoms with Gasteiger partial charge in [-0.3, -0.25) is 4.79 Å². The molecule has 2 aromatic carbocycles. The minimum Gasteiger partial charge on any atom is -0.496 e. The van der Waals surface area contributed by atoms with Gasteiger partial charge in [0.25, 0.3) is 0 Å². The van der Waals surface area contributed by atoms with Gasteiger partial charge in [0.1, 0.15) is 5.75 Å². The summed E-state index contributed by atoms with van der Waals surface area (Å²) in [6.07, 6.45) is 3.00. The van der Waals surface area contributed by atoms with Crippen LogP contribution in [0.25, 0.3) is 11.1 Å². The van der Waals surface area contributed by atoms with E-state index in [1.807, 2.05) is 56.3 Å². The van der Waals surface area contributed by atoms with Gasteiger partial charge in [-0.2, -0.15) is 0 Å². The van der Waals surface area contributed by atoms with E-state index in [-0.39, 0.29) is 30.5 Å². The molecule has 1 amide bonds. The van der Waals surface area contributed by atoms with Crippen LogP contribution in [0, 0.1) is 0 Å². The molecule has 0 aliphatic heterocycles. The molecule has 7 nitrogen and oxygen atoms in total. The molecule has 0 unspecified atom stereocenters. The summed E-state index contributed by atoms with van der Waals surface area (Å²) >= 11 is 0. The Bertz CT molecular complexity index is 1030. The molecule has 3 N–H and O–H groups in total. The Balaban J connectivity index is 1.86. The van der Waals surface area contributed by atoms with E-state index < -0.39 is 12.1 Å². The molecule has 3 atom stereocenters. The maximum absolute atomic E-state index is 12.0. The number of carbonyl (C=O) groups excluding carboxylic acids is 1. The second-order valence-corrected chi connectivity index (χ2v) is 8.85. The van der Waals surface area contributed by atoms with Gasteiger partial charge in [0.2, 0.25) is 5.91 Å². The zero-order valence-corrected chi connectivity index (χ0v) is 20.9. The molecule has 0 heterocycles. The summed E-state index contributed by atoms with van der Waals surface area (Å²) < 4.78 is 11.8. The van der Waals surface area contributed by atoms with Crippen LogP contribution in [0.15, 0.2) is 60.2 Å². The molecular weight excluding hydrogens is 444 g/mol. The van der Waals surface area contributed by atoms with Gasteiger partial charge in [-0.25, -0.2) is 4.79 Å². The molecule has 0 spiro atoms. The van der Waals surface area contributed by atoms with E-state index in [2.05, 4.69) is 16.7 Å². The van der Waals surface area contributed by atoms with Crippen molar-refractivity contribution in [3.05, 3.63) is 65.7 Å². The SMILES string of the molecule is CCC(CC)O[C@@H]1C=C(C(=O)O)C[C@H](NCc2ccc(OC)c(-c3ccccc3)c2)[C@H]1NC(C)=O. The molecule has 0 saturated carbocycles. The van der Waals surface area contributed by atoms with Crippen molar-refractivity contribution >= 4 is 11.9 Å². The molecule has 0 saturated heterocycles. The van der Waals surface area contributed by atoms with Crippen LogP contribution < -0.4 is 15.4 Å². The smallest absolute Gasteiger partial charge is 0.331 e. The third-order valence-electron chi connectivity index (χ3n) is 6.41. The number of nitrogens with one attached hydrogen (secondary N) is 2. The second kappa shape index (κ2) is 12.5. The van der Waals surface area contributed by atoms with Crippen molar-refractivity contribution < 1.29 is 24.2 Å². The minimum absolute atomic E-state index is 0.0173. The molecule has 0 aromatic heterocycles. The normalized spacial score (nSPS) is 19.8. The summed E-state index contributed by atoms with van der Waals surface area (Å²) in [6.45, 7) is 6.04. The standard InChI is InChI=1S/C28H36N2O5/c1-5-22(6-2)35-26-16-21(28(32)33)15-24(27(26)30-18(3)31)29-17-19-12-13-25(34-4)23(14-19)20-10-8-7-9-11-20/h7-14,16,22,24,26-27,29H,5-6,15,17H2,1-4H3,(H,30,31)(H,32,33)/t24-,26+,27+/m0/s1. The average molecular weight is 481 g/mol. The summed E-state index contributed by atoms with van der Waals surface area (Å²) in [5.41, 5.74) is 3.35. The molecule has 2 aromatic rings. The minimum atomic E-state index is -0.966. The Kier molecular flexibility index (Phi) is 9.46. The number of amides is 1. The van der Waals surface area contributed by atoms with E-state index in [9.17, 15) is 14.7 Å². The van der Waals surface area contributed by atoms with Crippen LogP contribution in [0.1, 0.15) is 45.6 Å². The predicted molar refractivity (Wildman–Crippen MR) is 136 cm³/mol. The van der Waals surface area contributed by atoms with Crippen LogP contribution in [-0.4, -0.2) is 48.4 Å². The lowest BCUT2D eigenvalue weighted by Gasteiger charge is -2.38. The lowest BCUT2D eigenvalue weighted by atomic mass is 9.87. The lowest BCUT2D eigenvalue weighted by Crippen LogP contribution is -2.58. The number of carboxylic acid groups (broad SMARTS) is 1. The fourth-order valence-corrected chi connectivity index (χ4v) is 4.52. The van der Waals surface area contributed by atoms with Crippen molar-refractivity contribution in [3.8, 4) is 16.9 Å². The van der Waals surface area contributed by atoms with Crippen LogP contribution in [-0.2, 0) is 20.9 Å². The van der Waals surface area contributed by atoms with Crippen molar-refractivity contribution in [3.63, 3.8) is 0 Å². The van der Waals surface area contributed by atoms with Gasteiger partial charge in [-0.1, -0.05) is 50.2 Å². The van der Waals surface area contributed by atoms with E-state index in [0.29, 0.717) is 12.1 Å². The second-order valence-electron chi connectivity index (χ2n) is 8.85. The van der Waals surface area contributed by atoms with Crippen molar-refractivity contribution in [2.24, 2.45) is 0 Å². The highest BCUT2D eigenvalue weighted by atomic mass is 16.5. The number of hydrogen-bond donors (Lipinski definition) is 3. The fraction of sp³-hybridized carbons (Fsp3) is 0.429. The first-order valence-corrected chi connectivity index (χ1v) is 12.2. The molecular formula is C28H36N2O5. The molecule has 3 rings (SSSR count). The average Bonchev–Trinajstić information content (AvgIpc) is 2.87. The number of benzene rings is 2. The Morgan fingerprint density at radius 1 is 1.11 bits per heavy atom. The molecule has 7 heteroatoms. The molecule has 1 aliphatic carbocycles. The third-order valence-corrected chi connectivity index (χ3v) is 6.41. The molecule has 188 valence electrons. The maximum Gasteiger partial charge on any atom is 0.331 e. The van der Waals surface area contributed by atoms with Crippen LogP contribution in [0.4, 0.5) is 0 Å². The van der Waals surface area contributed by atoms with Crippen LogP contribution in [0.3, 0.4) is 0 Å². The number of rotatable bonds is 11. The van der Waals surface area contributed by atoms with E-state index in [4.69, 9.17) is 9.47 Å². The molecule has 0 fully saturated rings. The van der Waals surface area contributed by atoms with E-state index in [1.165, 1.54) is 6.92 Å². The quantitative estimate of drug-likeness (QED) is 0.443. The summed E-state index contributed by atoms with van der Waals surface area (Å²) in [4.78, 5) is 23.9. The summed E-state index contributed by atoms with van der Waals surface area (Å²) in [6, 6.07) is 15.3. The largest absolute Gasteiger partial charge is 0.496 e. The Morgan fingerprint density at radius 2 is 1.83 bits per heavy atom. The molecule has 1 aliphatic rings. The molecule has 0 radical (unpaired) electrons. The van der Waals surface area contributed by atoms with Crippen LogP contribution in [0.2, 0.25) is 0 Å². The van der Waals surface area contributed by atoms with Crippen molar-refractivity contribution in [1.29, 1.82) is 0 Å². The number of ether oxygens (including phenoxy) is 2. The van der Waals surface area contributed by atoms with E-state index in [1.54, 1.807) is 13.2 Å². The Labute approximate surface area is 207 Å². The number of carbonyl (C=O) groups is 2. The van der Waals surface area contributed by atoms with Crippen molar-refractivity contribution in [2.45, 2.75) is 70.9 Å². The highest BCUT2D eigenvalue weighted by Gasteiger charge is 2.37.